The zero-order valence-electron chi connectivity index (χ0n) is 12.7. The summed E-state index contributed by atoms with van der Waals surface area (Å²) >= 11 is 0. The second-order valence-electron chi connectivity index (χ2n) is 5.84. The Kier molecular flexibility index (Phi) is 3.35. The number of nitrogens with zero attached hydrogens (tertiary/aromatic N) is 2. The van der Waals surface area contributed by atoms with E-state index < -0.39 is 0 Å². The lowest BCUT2D eigenvalue weighted by atomic mass is 10.0. The Morgan fingerprint density at radius 1 is 1.09 bits per heavy atom. The van der Waals surface area contributed by atoms with Crippen molar-refractivity contribution in [1.29, 1.82) is 0 Å². The van der Waals surface area contributed by atoms with Gasteiger partial charge < -0.3 is 9.88 Å². The fraction of sp³-hybridized carbons (Fsp3) is 0.222. The molecule has 1 aromatic heterocycles. The van der Waals surface area contributed by atoms with Gasteiger partial charge in [-0.15, -0.1) is 0 Å². The van der Waals surface area contributed by atoms with Gasteiger partial charge in [0, 0.05) is 43.3 Å². The fourth-order valence-corrected chi connectivity index (χ4v) is 3.36. The normalized spacial score (nSPS) is 14.4. The number of hydrogen-bond donors (Lipinski definition) is 1. The molecule has 0 radical (unpaired) electrons. The van der Waals surface area contributed by atoms with Crippen LogP contribution < -0.4 is 5.32 Å². The zero-order valence-corrected chi connectivity index (χ0v) is 12.7. The average Bonchev–Trinajstić information content (AvgIpc) is 2.75. The van der Waals surface area contributed by atoms with Crippen molar-refractivity contribution in [3.05, 3.63) is 64.3 Å². The van der Waals surface area contributed by atoms with Crippen LogP contribution in [0.15, 0.2) is 48.5 Å². The zero-order chi connectivity index (χ0) is 15.8. The summed E-state index contributed by atoms with van der Waals surface area (Å²) in [4.78, 5) is 11.0. The fourth-order valence-electron chi connectivity index (χ4n) is 3.36. The third-order valence-corrected chi connectivity index (χ3v) is 4.47. The van der Waals surface area contributed by atoms with Gasteiger partial charge in [-0.2, -0.15) is 0 Å². The Labute approximate surface area is 133 Å². The first kappa shape index (κ1) is 14.0. The molecule has 5 heteroatoms. The Hall–Kier alpha value is -2.66. The molecule has 0 amide bonds. The number of hydrogen-bond acceptors (Lipinski definition) is 3. The van der Waals surface area contributed by atoms with Gasteiger partial charge in [-0.1, -0.05) is 24.3 Å². The monoisotopic (exact) mass is 307 g/mol. The molecule has 0 saturated carbocycles. The second-order valence-corrected chi connectivity index (χ2v) is 5.84. The van der Waals surface area contributed by atoms with Crippen molar-refractivity contribution in [2.75, 3.05) is 13.1 Å². The molecule has 5 nitrogen and oxygen atoms in total. The Bertz CT molecular complexity index is 898. The van der Waals surface area contributed by atoms with Crippen LogP contribution in [-0.4, -0.2) is 22.6 Å². The van der Waals surface area contributed by atoms with E-state index in [1.165, 1.54) is 11.1 Å². The lowest BCUT2D eigenvalue weighted by Crippen LogP contribution is -2.17. The molecule has 1 N–H and O–H groups in total. The number of aromatic nitrogens is 1. The Morgan fingerprint density at radius 3 is 2.83 bits per heavy atom. The van der Waals surface area contributed by atoms with Crippen molar-refractivity contribution in [3.8, 4) is 11.1 Å². The number of nitro benzene ring substituents is 1. The van der Waals surface area contributed by atoms with Crippen molar-refractivity contribution in [2.45, 2.75) is 13.0 Å². The molecule has 0 bridgehead atoms. The molecule has 1 aliphatic heterocycles. The van der Waals surface area contributed by atoms with E-state index in [0.717, 1.165) is 37.1 Å². The average molecular weight is 307 g/mol. The number of fused-ring (bicyclic) bond motifs is 3. The largest absolute Gasteiger partial charge is 0.343 e. The quantitative estimate of drug-likeness (QED) is 0.583. The highest BCUT2D eigenvalue weighted by Gasteiger charge is 2.16. The van der Waals surface area contributed by atoms with Gasteiger partial charge in [-0.05, 0) is 29.1 Å². The molecule has 1 aliphatic rings. The molecule has 2 heterocycles. The molecule has 0 spiro atoms. The van der Waals surface area contributed by atoms with Crippen LogP contribution in [0.4, 0.5) is 5.69 Å². The Balaban J connectivity index is 1.89. The number of nitro groups is 1. The summed E-state index contributed by atoms with van der Waals surface area (Å²) in [5, 5.41) is 15.9. The summed E-state index contributed by atoms with van der Waals surface area (Å²) in [7, 11) is 0. The van der Waals surface area contributed by atoms with Gasteiger partial charge in [0.2, 0.25) is 0 Å². The van der Waals surface area contributed by atoms with Crippen LogP contribution in [-0.2, 0) is 13.0 Å². The highest BCUT2D eigenvalue weighted by molar-refractivity contribution is 5.88. The topological polar surface area (TPSA) is 60.1 Å². The van der Waals surface area contributed by atoms with Crippen LogP contribution >= 0.6 is 0 Å². The van der Waals surface area contributed by atoms with Gasteiger partial charge in [-0.25, -0.2) is 0 Å². The van der Waals surface area contributed by atoms with E-state index in [1.807, 2.05) is 18.2 Å². The van der Waals surface area contributed by atoms with Crippen LogP contribution in [0.2, 0.25) is 0 Å². The van der Waals surface area contributed by atoms with E-state index in [1.54, 1.807) is 12.1 Å². The van der Waals surface area contributed by atoms with Crippen LogP contribution in [0.3, 0.4) is 0 Å². The van der Waals surface area contributed by atoms with E-state index in [-0.39, 0.29) is 10.6 Å². The van der Waals surface area contributed by atoms with E-state index in [2.05, 4.69) is 28.1 Å². The molecule has 0 aliphatic carbocycles. The standard InChI is InChI=1S/C18H17N3O2/c22-21(23)17-4-2-1-3-16(17)13-5-6-14-11-15-7-8-19-9-10-20(15)18(14)12-13/h1-6,11-12,19H,7-10H2. The van der Waals surface area contributed by atoms with Crippen molar-refractivity contribution >= 4 is 16.6 Å². The van der Waals surface area contributed by atoms with Crippen molar-refractivity contribution < 1.29 is 4.92 Å². The lowest BCUT2D eigenvalue weighted by molar-refractivity contribution is -0.384. The number of benzene rings is 2. The van der Waals surface area contributed by atoms with Gasteiger partial charge in [0.25, 0.3) is 5.69 Å². The third kappa shape index (κ3) is 2.39. The molecule has 0 unspecified atom stereocenters. The van der Waals surface area contributed by atoms with Gasteiger partial charge in [0.05, 0.1) is 10.5 Å². The molecular weight excluding hydrogens is 290 g/mol. The minimum atomic E-state index is -0.317. The van der Waals surface area contributed by atoms with E-state index in [0.29, 0.717) is 5.56 Å². The summed E-state index contributed by atoms with van der Waals surface area (Å²) in [5.74, 6) is 0. The minimum Gasteiger partial charge on any atom is -0.343 e. The third-order valence-electron chi connectivity index (χ3n) is 4.47. The van der Waals surface area contributed by atoms with Crippen LogP contribution in [0.25, 0.3) is 22.0 Å². The maximum absolute atomic E-state index is 11.3. The molecule has 4 rings (SSSR count). The first-order valence-electron chi connectivity index (χ1n) is 7.81. The maximum atomic E-state index is 11.3. The van der Waals surface area contributed by atoms with Crippen molar-refractivity contribution in [2.24, 2.45) is 0 Å². The summed E-state index contributed by atoms with van der Waals surface area (Å²) in [6.45, 7) is 2.87. The number of para-hydroxylation sites is 1. The summed E-state index contributed by atoms with van der Waals surface area (Å²) < 4.78 is 2.33. The van der Waals surface area contributed by atoms with Crippen molar-refractivity contribution in [1.82, 2.24) is 9.88 Å². The van der Waals surface area contributed by atoms with Gasteiger partial charge >= 0.3 is 0 Å². The maximum Gasteiger partial charge on any atom is 0.277 e. The minimum absolute atomic E-state index is 0.149. The number of nitrogens with one attached hydrogen (secondary N) is 1. The van der Waals surface area contributed by atoms with Crippen LogP contribution in [0.5, 0.6) is 0 Å². The van der Waals surface area contributed by atoms with E-state index in [4.69, 9.17) is 0 Å². The molecular formula is C18H17N3O2. The summed E-state index contributed by atoms with van der Waals surface area (Å²) in [6, 6.07) is 15.3. The van der Waals surface area contributed by atoms with Gasteiger partial charge in [0.15, 0.2) is 0 Å². The molecule has 116 valence electrons. The molecule has 2 aromatic carbocycles. The number of rotatable bonds is 2. The van der Waals surface area contributed by atoms with E-state index in [9.17, 15) is 10.1 Å². The van der Waals surface area contributed by atoms with Gasteiger partial charge in [-0.3, -0.25) is 10.1 Å². The highest BCUT2D eigenvalue weighted by Crippen LogP contribution is 2.32. The lowest BCUT2D eigenvalue weighted by Gasteiger charge is -2.08. The first-order chi connectivity index (χ1) is 11.2. The van der Waals surface area contributed by atoms with Crippen molar-refractivity contribution in [3.63, 3.8) is 0 Å². The second kappa shape index (κ2) is 5.52. The predicted octanol–water partition coefficient (Wildman–Crippen LogP) is 3.36. The van der Waals surface area contributed by atoms with Crippen LogP contribution in [0.1, 0.15) is 5.69 Å². The molecule has 0 fully saturated rings. The summed E-state index contributed by atoms with van der Waals surface area (Å²) in [6.07, 6.45) is 1.01. The smallest absolute Gasteiger partial charge is 0.277 e. The molecule has 3 aromatic rings. The van der Waals surface area contributed by atoms with Gasteiger partial charge in [0.1, 0.15) is 0 Å². The SMILES string of the molecule is O=[N+]([O-])c1ccccc1-c1ccc2cc3n(c2c1)CCNCC3. The molecule has 23 heavy (non-hydrogen) atoms. The van der Waals surface area contributed by atoms with E-state index >= 15 is 0 Å². The summed E-state index contributed by atoms with van der Waals surface area (Å²) in [5.41, 5.74) is 4.19. The van der Waals surface area contributed by atoms with Crippen LogP contribution in [0, 0.1) is 10.1 Å². The first-order valence-corrected chi connectivity index (χ1v) is 7.81. The molecule has 0 atom stereocenters. The Morgan fingerprint density at radius 2 is 1.96 bits per heavy atom. The predicted molar refractivity (Wildman–Crippen MR) is 90.6 cm³/mol. The molecule has 0 saturated heterocycles. The highest BCUT2D eigenvalue weighted by atomic mass is 16.6.